The Labute approximate surface area is 125 Å². The highest BCUT2D eigenvalue weighted by Crippen LogP contribution is 2.18. The van der Waals surface area contributed by atoms with Crippen molar-refractivity contribution in [2.75, 3.05) is 13.1 Å². The summed E-state index contributed by atoms with van der Waals surface area (Å²) in [5.74, 6) is -0.768. The van der Waals surface area contributed by atoms with Gasteiger partial charge in [0.1, 0.15) is 13.1 Å². The van der Waals surface area contributed by atoms with Crippen LogP contribution in [0, 0.1) is 34.0 Å². The van der Waals surface area contributed by atoms with Crippen molar-refractivity contribution < 1.29 is 4.58 Å². The van der Waals surface area contributed by atoms with Crippen LogP contribution in [0.1, 0.15) is 30.9 Å². The molecule has 21 heavy (non-hydrogen) atoms. The van der Waals surface area contributed by atoms with Crippen LogP contribution in [0.5, 0.6) is 0 Å². The highest BCUT2D eigenvalue weighted by Gasteiger charge is 2.09. The molecule has 0 saturated carbocycles. The van der Waals surface area contributed by atoms with Crippen molar-refractivity contribution in [3.63, 3.8) is 0 Å². The predicted molar refractivity (Wildman–Crippen MR) is 81.4 cm³/mol. The highest BCUT2D eigenvalue weighted by atomic mass is 15.0. The van der Waals surface area contributed by atoms with E-state index >= 15 is 0 Å². The van der Waals surface area contributed by atoms with Crippen LogP contribution in [-0.2, 0) is 0 Å². The molecule has 1 aromatic carbocycles. The van der Waals surface area contributed by atoms with Gasteiger partial charge in [0.25, 0.3) is 0 Å². The number of benzene rings is 1. The molecular formula is C17H17N4+. The molecule has 0 aliphatic carbocycles. The molecule has 0 radical (unpaired) electrons. The van der Waals surface area contributed by atoms with Gasteiger partial charge in [-0.05, 0) is 25.0 Å². The van der Waals surface area contributed by atoms with Gasteiger partial charge in [-0.3, -0.25) is 0 Å². The fourth-order valence-corrected chi connectivity index (χ4v) is 1.85. The molecule has 0 aliphatic heterocycles. The minimum Gasteiger partial charge on any atom is -0.237 e. The van der Waals surface area contributed by atoms with Crippen LogP contribution in [0.4, 0.5) is 0 Å². The summed E-state index contributed by atoms with van der Waals surface area (Å²) in [5, 5.41) is 27.0. The molecule has 0 bridgehead atoms. The number of hydrogen-bond donors (Lipinski definition) is 0. The summed E-state index contributed by atoms with van der Waals surface area (Å²) < 4.78 is 2.09. The Bertz CT molecular complexity index is 641. The van der Waals surface area contributed by atoms with E-state index in [1.807, 2.05) is 18.4 Å². The van der Waals surface area contributed by atoms with Gasteiger partial charge in [-0.25, -0.2) is 4.58 Å². The number of rotatable bonds is 5. The van der Waals surface area contributed by atoms with Crippen molar-refractivity contribution in [3.05, 3.63) is 41.5 Å². The van der Waals surface area contributed by atoms with E-state index in [1.54, 1.807) is 30.3 Å². The lowest BCUT2D eigenvalue weighted by molar-refractivity contribution is -0.515. The Kier molecular flexibility index (Phi) is 6.39. The Morgan fingerprint density at radius 3 is 2.10 bits per heavy atom. The minimum atomic E-state index is -0.768. The predicted octanol–water partition coefficient (Wildman–Crippen LogP) is 2.85. The zero-order valence-electron chi connectivity index (χ0n) is 12.2. The normalized spacial score (nSPS) is 10.4. The zero-order valence-corrected chi connectivity index (χ0v) is 12.2. The van der Waals surface area contributed by atoms with E-state index in [9.17, 15) is 5.26 Å². The SMILES string of the molecule is CC[N+](=C/C=C(/C#N)c1ccc(C(C#N)C#N)cc1)CC. The fraction of sp³-hybridized carbons (Fsp3) is 0.294. The first kappa shape index (κ1) is 16.2. The molecule has 4 nitrogen and oxygen atoms in total. The molecule has 0 aromatic heterocycles. The maximum absolute atomic E-state index is 9.25. The number of nitrogens with zero attached hydrogens (tertiary/aromatic N) is 4. The third-order valence-corrected chi connectivity index (χ3v) is 3.20. The molecule has 4 heteroatoms. The fourth-order valence-electron chi connectivity index (χ4n) is 1.85. The van der Waals surface area contributed by atoms with Crippen LogP contribution in [-0.4, -0.2) is 23.9 Å². The van der Waals surface area contributed by atoms with Crippen molar-refractivity contribution in [1.82, 2.24) is 0 Å². The topological polar surface area (TPSA) is 74.4 Å². The summed E-state index contributed by atoms with van der Waals surface area (Å²) in [7, 11) is 0. The van der Waals surface area contributed by atoms with Crippen LogP contribution in [0.2, 0.25) is 0 Å². The summed E-state index contributed by atoms with van der Waals surface area (Å²) in [6, 6.07) is 13.0. The van der Waals surface area contributed by atoms with Crippen LogP contribution in [0.3, 0.4) is 0 Å². The standard InChI is InChI=1S/C17H17N4/c1-3-21(4-2)10-9-16(11-18)14-5-7-15(8-6-14)17(12-19)13-20/h5-10,17H,3-4H2,1-2H3/q+1/b16-9-. The molecular weight excluding hydrogens is 260 g/mol. The molecule has 0 aliphatic rings. The number of allylic oxidation sites excluding steroid dienone is 2. The first-order valence-electron chi connectivity index (χ1n) is 6.79. The highest BCUT2D eigenvalue weighted by molar-refractivity contribution is 5.88. The van der Waals surface area contributed by atoms with E-state index in [0.717, 1.165) is 18.7 Å². The van der Waals surface area contributed by atoms with Crippen molar-refractivity contribution >= 4 is 11.8 Å². The summed E-state index contributed by atoms with van der Waals surface area (Å²) in [5.41, 5.74) is 1.98. The summed E-state index contributed by atoms with van der Waals surface area (Å²) in [6.45, 7) is 5.88. The first-order chi connectivity index (χ1) is 10.2. The molecule has 0 N–H and O–H groups in total. The van der Waals surface area contributed by atoms with Gasteiger partial charge in [0, 0.05) is 6.08 Å². The second-order valence-corrected chi connectivity index (χ2v) is 4.38. The molecule has 0 fully saturated rings. The monoisotopic (exact) mass is 277 g/mol. The second kappa shape index (κ2) is 8.31. The average molecular weight is 277 g/mol. The maximum Gasteiger partial charge on any atom is 0.164 e. The zero-order chi connectivity index (χ0) is 15.7. The molecule has 0 atom stereocenters. The van der Waals surface area contributed by atoms with E-state index in [0.29, 0.717) is 11.1 Å². The van der Waals surface area contributed by atoms with E-state index in [4.69, 9.17) is 10.5 Å². The van der Waals surface area contributed by atoms with Gasteiger partial charge in [-0.1, -0.05) is 24.3 Å². The lowest BCUT2D eigenvalue weighted by Crippen LogP contribution is -2.10. The lowest BCUT2D eigenvalue weighted by atomic mass is 9.98. The van der Waals surface area contributed by atoms with Gasteiger partial charge in [-0.15, -0.1) is 0 Å². The summed E-state index contributed by atoms with van der Waals surface area (Å²) in [4.78, 5) is 0. The van der Waals surface area contributed by atoms with Gasteiger partial charge >= 0.3 is 0 Å². The van der Waals surface area contributed by atoms with Gasteiger partial charge < -0.3 is 0 Å². The smallest absolute Gasteiger partial charge is 0.164 e. The van der Waals surface area contributed by atoms with Crippen LogP contribution < -0.4 is 0 Å². The Morgan fingerprint density at radius 2 is 1.67 bits per heavy atom. The van der Waals surface area contributed by atoms with Crippen LogP contribution in [0.15, 0.2) is 30.3 Å². The van der Waals surface area contributed by atoms with E-state index < -0.39 is 5.92 Å². The maximum atomic E-state index is 9.25. The van der Waals surface area contributed by atoms with Crippen LogP contribution in [0.25, 0.3) is 5.57 Å². The summed E-state index contributed by atoms with van der Waals surface area (Å²) >= 11 is 0. The number of hydrogen-bond acceptors (Lipinski definition) is 3. The van der Waals surface area contributed by atoms with E-state index in [2.05, 4.69) is 24.5 Å². The van der Waals surface area contributed by atoms with Gasteiger partial charge in [0.05, 0.1) is 23.8 Å². The second-order valence-electron chi connectivity index (χ2n) is 4.38. The molecule has 0 unspecified atom stereocenters. The number of nitriles is 3. The molecule has 0 spiro atoms. The molecule has 0 saturated heterocycles. The van der Waals surface area contributed by atoms with Gasteiger partial charge in [0.2, 0.25) is 0 Å². The van der Waals surface area contributed by atoms with E-state index in [-0.39, 0.29) is 0 Å². The first-order valence-corrected chi connectivity index (χ1v) is 6.79. The van der Waals surface area contributed by atoms with Crippen molar-refractivity contribution in [3.8, 4) is 18.2 Å². The van der Waals surface area contributed by atoms with Crippen LogP contribution >= 0.6 is 0 Å². The molecule has 1 aromatic rings. The average Bonchev–Trinajstić information content (AvgIpc) is 2.54. The van der Waals surface area contributed by atoms with Gasteiger partial charge in [0.15, 0.2) is 12.1 Å². The molecule has 0 heterocycles. The minimum absolute atomic E-state index is 0.555. The molecule has 1 rings (SSSR count). The van der Waals surface area contributed by atoms with Gasteiger partial charge in [-0.2, -0.15) is 15.8 Å². The molecule has 104 valence electrons. The lowest BCUT2D eigenvalue weighted by Gasteiger charge is -2.02. The quantitative estimate of drug-likeness (QED) is 0.472. The van der Waals surface area contributed by atoms with Crippen molar-refractivity contribution in [2.24, 2.45) is 0 Å². The van der Waals surface area contributed by atoms with E-state index in [1.165, 1.54) is 0 Å². The Balaban J connectivity index is 3.08. The van der Waals surface area contributed by atoms with Crippen molar-refractivity contribution in [2.45, 2.75) is 19.8 Å². The third kappa shape index (κ3) is 4.30. The summed E-state index contributed by atoms with van der Waals surface area (Å²) in [6.07, 6.45) is 3.69. The largest absolute Gasteiger partial charge is 0.237 e. The third-order valence-electron chi connectivity index (χ3n) is 3.20. The Morgan fingerprint density at radius 1 is 1.10 bits per heavy atom. The van der Waals surface area contributed by atoms with Crippen molar-refractivity contribution in [1.29, 1.82) is 15.8 Å². The Hall–Kier alpha value is -2.90. The molecule has 0 amide bonds.